The molecule has 0 saturated heterocycles. The zero-order valence-electron chi connectivity index (χ0n) is 14.5. The predicted octanol–water partition coefficient (Wildman–Crippen LogP) is 4.07. The minimum Gasteiger partial charge on any atom is -0.351 e. The molecule has 5 nitrogen and oxygen atoms in total. The third kappa shape index (κ3) is 4.38. The van der Waals surface area contributed by atoms with E-state index >= 15 is 0 Å². The van der Waals surface area contributed by atoms with Crippen LogP contribution < -0.4 is 10.9 Å². The predicted molar refractivity (Wildman–Crippen MR) is 107 cm³/mol. The summed E-state index contributed by atoms with van der Waals surface area (Å²) in [6.07, 6.45) is 1.30. The molecule has 0 spiro atoms. The third-order valence-electron chi connectivity index (χ3n) is 4.19. The van der Waals surface area contributed by atoms with E-state index < -0.39 is 5.56 Å². The lowest BCUT2D eigenvalue weighted by Gasteiger charge is -2.13. The van der Waals surface area contributed by atoms with Crippen LogP contribution in [0.2, 0.25) is 10.0 Å². The van der Waals surface area contributed by atoms with E-state index in [0.717, 1.165) is 4.68 Å². The van der Waals surface area contributed by atoms with Gasteiger partial charge in [-0.3, -0.25) is 9.59 Å². The number of amides is 1. The third-order valence-corrected chi connectivity index (χ3v) is 4.94. The van der Waals surface area contributed by atoms with Gasteiger partial charge in [-0.05, 0) is 35.7 Å². The van der Waals surface area contributed by atoms with E-state index in [1.807, 2.05) is 30.3 Å². The summed E-state index contributed by atoms with van der Waals surface area (Å²) >= 11 is 11.7. The van der Waals surface area contributed by atoms with Gasteiger partial charge in [0.05, 0.1) is 16.9 Å². The molecule has 0 aliphatic carbocycles. The fraction of sp³-hybridized carbons (Fsp3) is 0.150. The van der Waals surface area contributed by atoms with Gasteiger partial charge >= 0.3 is 0 Å². The SMILES string of the molecule is C[C@H](CNC(=O)c1ccc(-n2ncc(Cl)c(Cl)c2=O)cc1)c1ccccc1. The highest BCUT2D eigenvalue weighted by Crippen LogP contribution is 2.17. The van der Waals surface area contributed by atoms with Crippen molar-refractivity contribution in [1.82, 2.24) is 15.1 Å². The molecule has 1 amide bonds. The summed E-state index contributed by atoms with van der Waals surface area (Å²) in [4.78, 5) is 24.5. The number of carbonyl (C=O) groups is 1. The molecule has 138 valence electrons. The molecular formula is C20H17Cl2N3O2. The first-order valence-electron chi connectivity index (χ1n) is 8.34. The van der Waals surface area contributed by atoms with Crippen LogP contribution in [0, 0.1) is 0 Å². The highest BCUT2D eigenvalue weighted by Gasteiger charge is 2.12. The molecule has 0 aliphatic rings. The van der Waals surface area contributed by atoms with Gasteiger partial charge < -0.3 is 5.32 Å². The molecule has 0 aliphatic heterocycles. The quantitative estimate of drug-likeness (QED) is 0.700. The minimum absolute atomic E-state index is 0.0941. The average molecular weight is 402 g/mol. The second-order valence-corrected chi connectivity index (χ2v) is 6.88. The summed E-state index contributed by atoms with van der Waals surface area (Å²) in [5.74, 6) is 0.0205. The van der Waals surface area contributed by atoms with Crippen molar-refractivity contribution in [3.05, 3.63) is 92.3 Å². The van der Waals surface area contributed by atoms with Gasteiger partial charge in [-0.1, -0.05) is 60.5 Å². The summed E-state index contributed by atoms with van der Waals surface area (Å²) in [6.45, 7) is 2.58. The van der Waals surface area contributed by atoms with Crippen molar-refractivity contribution in [2.45, 2.75) is 12.8 Å². The Morgan fingerprint density at radius 1 is 1.11 bits per heavy atom. The molecule has 0 saturated carbocycles. The number of carbonyl (C=O) groups excluding carboxylic acids is 1. The first-order valence-corrected chi connectivity index (χ1v) is 9.10. The van der Waals surface area contributed by atoms with Crippen LogP contribution in [0.15, 0.2) is 65.6 Å². The fourth-order valence-electron chi connectivity index (χ4n) is 2.60. The Labute approximate surface area is 166 Å². The lowest BCUT2D eigenvalue weighted by atomic mass is 10.0. The van der Waals surface area contributed by atoms with Crippen molar-refractivity contribution < 1.29 is 4.79 Å². The molecule has 0 radical (unpaired) electrons. The topological polar surface area (TPSA) is 64.0 Å². The van der Waals surface area contributed by atoms with Crippen molar-refractivity contribution in [1.29, 1.82) is 0 Å². The number of nitrogens with one attached hydrogen (secondary N) is 1. The molecule has 1 N–H and O–H groups in total. The number of nitrogens with zero attached hydrogens (tertiary/aromatic N) is 2. The standard InChI is InChI=1S/C20H17Cl2N3O2/c1-13(14-5-3-2-4-6-14)11-23-19(26)15-7-9-16(10-8-15)25-20(27)18(22)17(21)12-24-25/h2-10,12-13H,11H2,1H3,(H,23,26)/t13-/m1/s1. The Morgan fingerprint density at radius 2 is 1.78 bits per heavy atom. The van der Waals surface area contributed by atoms with Crippen LogP contribution in [0.25, 0.3) is 5.69 Å². The Kier molecular flexibility index (Phi) is 5.94. The van der Waals surface area contributed by atoms with Crippen LogP contribution in [0.1, 0.15) is 28.8 Å². The van der Waals surface area contributed by atoms with Gasteiger partial charge in [0.2, 0.25) is 0 Å². The molecule has 1 atom stereocenters. The number of benzene rings is 2. The maximum Gasteiger partial charge on any atom is 0.291 e. The van der Waals surface area contributed by atoms with Crippen LogP contribution in [0.4, 0.5) is 0 Å². The van der Waals surface area contributed by atoms with E-state index in [1.165, 1.54) is 11.8 Å². The number of hydrogen-bond donors (Lipinski definition) is 1. The fourth-order valence-corrected chi connectivity index (χ4v) is 2.85. The van der Waals surface area contributed by atoms with Gasteiger partial charge in [0, 0.05) is 12.1 Å². The molecule has 0 bridgehead atoms. The highest BCUT2D eigenvalue weighted by molar-refractivity contribution is 6.41. The molecule has 0 unspecified atom stereocenters. The van der Waals surface area contributed by atoms with Gasteiger partial charge in [0.15, 0.2) is 0 Å². The summed E-state index contributed by atoms with van der Waals surface area (Å²) in [5.41, 5.74) is 1.64. The monoisotopic (exact) mass is 401 g/mol. The first-order chi connectivity index (χ1) is 13.0. The summed E-state index contributed by atoms with van der Waals surface area (Å²) in [6, 6.07) is 16.5. The lowest BCUT2D eigenvalue weighted by molar-refractivity contribution is 0.0951. The summed E-state index contributed by atoms with van der Waals surface area (Å²) in [5, 5.41) is 6.89. The van der Waals surface area contributed by atoms with Gasteiger partial charge in [0.1, 0.15) is 5.02 Å². The van der Waals surface area contributed by atoms with Gasteiger partial charge in [-0.25, -0.2) is 0 Å². The molecular weight excluding hydrogens is 385 g/mol. The largest absolute Gasteiger partial charge is 0.351 e. The maximum atomic E-state index is 12.4. The molecule has 3 aromatic rings. The van der Waals surface area contributed by atoms with E-state index in [2.05, 4.69) is 17.3 Å². The van der Waals surface area contributed by atoms with E-state index in [1.54, 1.807) is 24.3 Å². The van der Waals surface area contributed by atoms with E-state index in [4.69, 9.17) is 23.2 Å². The van der Waals surface area contributed by atoms with Gasteiger partial charge in [-0.15, -0.1) is 0 Å². The molecule has 3 rings (SSSR count). The molecule has 7 heteroatoms. The molecule has 1 heterocycles. The Bertz CT molecular complexity index is 1000. The van der Waals surface area contributed by atoms with Gasteiger partial charge in [-0.2, -0.15) is 9.78 Å². The summed E-state index contributed by atoms with van der Waals surface area (Å²) < 4.78 is 1.13. The molecule has 0 fully saturated rings. The van der Waals surface area contributed by atoms with Crippen LogP contribution in [0.5, 0.6) is 0 Å². The van der Waals surface area contributed by atoms with Crippen LogP contribution in [0.3, 0.4) is 0 Å². The van der Waals surface area contributed by atoms with Crippen molar-refractivity contribution >= 4 is 29.1 Å². The van der Waals surface area contributed by atoms with Crippen molar-refractivity contribution in [3.63, 3.8) is 0 Å². The van der Waals surface area contributed by atoms with E-state index in [0.29, 0.717) is 17.8 Å². The minimum atomic E-state index is -0.516. The second-order valence-electron chi connectivity index (χ2n) is 6.09. The Morgan fingerprint density at radius 3 is 2.44 bits per heavy atom. The Balaban J connectivity index is 1.69. The van der Waals surface area contributed by atoms with Gasteiger partial charge in [0.25, 0.3) is 11.5 Å². The van der Waals surface area contributed by atoms with Crippen molar-refractivity contribution in [3.8, 4) is 5.69 Å². The number of hydrogen-bond acceptors (Lipinski definition) is 3. The average Bonchev–Trinajstić information content (AvgIpc) is 2.71. The second kappa shape index (κ2) is 8.37. The smallest absolute Gasteiger partial charge is 0.291 e. The normalized spacial score (nSPS) is 11.8. The number of aromatic nitrogens is 2. The Hall–Kier alpha value is -2.63. The van der Waals surface area contributed by atoms with Crippen molar-refractivity contribution in [2.75, 3.05) is 6.54 Å². The van der Waals surface area contributed by atoms with Crippen LogP contribution >= 0.6 is 23.2 Å². The van der Waals surface area contributed by atoms with Crippen LogP contribution in [-0.4, -0.2) is 22.2 Å². The molecule has 1 aromatic heterocycles. The molecule has 27 heavy (non-hydrogen) atoms. The zero-order valence-corrected chi connectivity index (χ0v) is 16.0. The zero-order chi connectivity index (χ0) is 19.4. The maximum absolute atomic E-state index is 12.4. The lowest BCUT2D eigenvalue weighted by Crippen LogP contribution is -2.27. The van der Waals surface area contributed by atoms with Crippen molar-refractivity contribution in [2.24, 2.45) is 0 Å². The van der Waals surface area contributed by atoms with E-state index in [9.17, 15) is 9.59 Å². The number of halogens is 2. The summed E-state index contributed by atoms with van der Waals surface area (Å²) in [7, 11) is 0. The van der Waals surface area contributed by atoms with Crippen LogP contribution in [-0.2, 0) is 0 Å². The first kappa shape index (κ1) is 19.1. The van der Waals surface area contributed by atoms with E-state index in [-0.39, 0.29) is 21.9 Å². The highest BCUT2D eigenvalue weighted by atomic mass is 35.5. The number of rotatable bonds is 5. The molecule has 2 aromatic carbocycles.